The molecule has 28 heavy (non-hydrogen) atoms. The largest absolute Gasteiger partial charge is 0.458 e. The van der Waals surface area contributed by atoms with E-state index >= 15 is 0 Å². The molecule has 0 bridgehead atoms. The molecule has 4 rings (SSSR count). The number of esters is 1. The summed E-state index contributed by atoms with van der Waals surface area (Å²) >= 11 is 0. The van der Waals surface area contributed by atoms with Crippen LogP contribution in [0, 0.1) is 34.5 Å². The van der Waals surface area contributed by atoms with Crippen LogP contribution in [0.2, 0.25) is 0 Å². The first-order valence-electron chi connectivity index (χ1n) is 11.0. The molecule has 5 heteroatoms. The second-order valence-electron chi connectivity index (χ2n) is 10.5. The Kier molecular flexibility index (Phi) is 4.76. The van der Waals surface area contributed by atoms with Crippen molar-refractivity contribution in [1.29, 1.82) is 0 Å². The van der Waals surface area contributed by atoms with Crippen LogP contribution < -0.4 is 0 Å². The first kappa shape index (κ1) is 20.1. The molecular weight excluding hydrogens is 356 g/mol. The van der Waals surface area contributed by atoms with Gasteiger partial charge >= 0.3 is 5.97 Å². The van der Waals surface area contributed by atoms with E-state index in [1.165, 1.54) is 6.92 Å². The van der Waals surface area contributed by atoms with E-state index < -0.39 is 17.0 Å². The molecule has 0 heterocycles. The molecule has 0 aromatic carbocycles. The minimum Gasteiger partial charge on any atom is -0.458 e. The molecule has 156 valence electrons. The first-order valence-corrected chi connectivity index (χ1v) is 11.0. The summed E-state index contributed by atoms with van der Waals surface area (Å²) in [6.45, 7) is 5.45. The van der Waals surface area contributed by atoms with Crippen LogP contribution in [-0.2, 0) is 19.1 Å². The summed E-state index contributed by atoms with van der Waals surface area (Å²) in [6, 6.07) is 0. The molecular formula is C23H34O5. The Morgan fingerprint density at radius 1 is 1.07 bits per heavy atom. The van der Waals surface area contributed by atoms with Crippen LogP contribution >= 0.6 is 0 Å². The highest BCUT2D eigenvalue weighted by atomic mass is 16.5. The van der Waals surface area contributed by atoms with Crippen molar-refractivity contribution < 1.29 is 24.2 Å². The summed E-state index contributed by atoms with van der Waals surface area (Å²) in [7, 11) is 0. The second-order valence-corrected chi connectivity index (χ2v) is 10.5. The fourth-order valence-corrected chi connectivity index (χ4v) is 7.81. The lowest BCUT2D eigenvalue weighted by atomic mass is 9.44. The number of carbonyl (C=O) groups excluding carboxylic acids is 3. The molecule has 0 aromatic rings. The van der Waals surface area contributed by atoms with Gasteiger partial charge in [0.15, 0.2) is 6.61 Å². The van der Waals surface area contributed by atoms with Crippen LogP contribution in [0.25, 0.3) is 0 Å². The van der Waals surface area contributed by atoms with E-state index in [9.17, 15) is 19.5 Å². The van der Waals surface area contributed by atoms with Crippen molar-refractivity contribution in [1.82, 2.24) is 0 Å². The molecule has 0 aromatic heterocycles. The van der Waals surface area contributed by atoms with E-state index in [-0.39, 0.29) is 17.8 Å². The van der Waals surface area contributed by atoms with Crippen molar-refractivity contribution in [3.63, 3.8) is 0 Å². The van der Waals surface area contributed by atoms with Gasteiger partial charge in [-0.05, 0) is 74.0 Å². The lowest BCUT2D eigenvalue weighted by Crippen LogP contribution is -2.59. The van der Waals surface area contributed by atoms with Crippen LogP contribution in [0.3, 0.4) is 0 Å². The van der Waals surface area contributed by atoms with Gasteiger partial charge in [-0.2, -0.15) is 0 Å². The Hall–Kier alpha value is -1.23. The lowest BCUT2D eigenvalue weighted by Gasteiger charge is -2.60. The number of hydrogen-bond acceptors (Lipinski definition) is 5. The van der Waals surface area contributed by atoms with Gasteiger partial charge in [0.25, 0.3) is 0 Å². The third kappa shape index (κ3) is 2.72. The Bertz CT molecular complexity index is 701. The molecule has 4 fully saturated rings. The molecule has 5 nitrogen and oxygen atoms in total. The van der Waals surface area contributed by atoms with Crippen molar-refractivity contribution in [2.75, 3.05) is 6.61 Å². The molecule has 1 N–H and O–H groups in total. The molecule has 4 aliphatic carbocycles. The average molecular weight is 391 g/mol. The quantitative estimate of drug-likeness (QED) is 0.747. The molecule has 4 saturated carbocycles. The Labute approximate surface area is 167 Å². The number of hydrogen-bond donors (Lipinski definition) is 1. The smallest absolute Gasteiger partial charge is 0.303 e. The van der Waals surface area contributed by atoms with Gasteiger partial charge in [-0.25, -0.2) is 0 Å². The van der Waals surface area contributed by atoms with E-state index in [1.54, 1.807) is 0 Å². The van der Waals surface area contributed by atoms with Crippen LogP contribution in [0.5, 0.6) is 0 Å². The highest BCUT2D eigenvalue weighted by Gasteiger charge is 2.66. The minimum atomic E-state index is -1.39. The summed E-state index contributed by atoms with van der Waals surface area (Å²) in [4.78, 5) is 36.0. The van der Waals surface area contributed by atoms with Crippen molar-refractivity contribution in [3.05, 3.63) is 0 Å². The van der Waals surface area contributed by atoms with Crippen LogP contribution in [0.15, 0.2) is 0 Å². The topological polar surface area (TPSA) is 80.7 Å². The van der Waals surface area contributed by atoms with Gasteiger partial charge < -0.3 is 9.84 Å². The predicted octanol–water partition coefficient (Wildman–Crippen LogP) is 3.46. The fraction of sp³-hybridized carbons (Fsp3) is 0.870. The second kappa shape index (κ2) is 6.65. The molecule has 0 unspecified atom stereocenters. The number of ether oxygens (including phenoxy) is 1. The number of fused-ring (bicyclic) bond motifs is 5. The standard InChI is InChI=1S/C23H34O5/c1-14(24)28-13-20(26)23(27)11-8-19-17-5-4-15-12-16(25)6-9-21(15,2)18(17)7-10-22(19,23)3/h15,17-19,27H,4-13H2,1-3H3/t15-,17-,18+,19+,21-,22+,23-/m0/s1. The zero-order valence-electron chi connectivity index (χ0n) is 17.5. The monoisotopic (exact) mass is 390 g/mol. The molecule has 7 atom stereocenters. The normalized spacial score (nSPS) is 47.6. The van der Waals surface area contributed by atoms with E-state index in [4.69, 9.17) is 4.74 Å². The van der Waals surface area contributed by atoms with E-state index in [0.717, 1.165) is 44.9 Å². The summed E-state index contributed by atoms with van der Waals surface area (Å²) in [5, 5.41) is 11.5. The van der Waals surface area contributed by atoms with Crippen molar-refractivity contribution >= 4 is 17.5 Å². The molecule has 0 radical (unpaired) electrons. The maximum absolute atomic E-state index is 12.9. The highest BCUT2D eigenvalue weighted by molar-refractivity contribution is 5.91. The zero-order chi connectivity index (χ0) is 20.3. The molecule has 0 aliphatic heterocycles. The molecule has 4 aliphatic rings. The summed E-state index contributed by atoms with van der Waals surface area (Å²) in [6.07, 6.45) is 7.82. The summed E-state index contributed by atoms with van der Waals surface area (Å²) in [5.41, 5.74) is -1.61. The van der Waals surface area contributed by atoms with Gasteiger partial charge in [-0.15, -0.1) is 0 Å². The Morgan fingerprint density at radius 2 is 1.79 bits per heavy atom. The number of rotatable bonds is 3. The van der Waals surface area contributed by atoms with Crippen LogP contribution in [0.1, 0.15) is 78.6 Å². The van der Waals surface area contributed by atoms with E-state index in [2.05, 4.69) is 13.8 Å². The van der Waals surface area contributed by atoms with Crippen LogP contribution in [-0.4, -0.2) is 34.9 Å². The SMILES string of the molecule is CC(=O)OCC(=O)[C@@]1(O)CC[C@@H]2[C@H]3CC[C@H]4CC(=O)CC[C@]4(C)[C@@H]3CC[C@]21C. The average Bonchev–Trinajstić information content (AvgIpc) is 2.92. The lowest BCUT2D eigenvalue weighted by molar-refractivity contribution is -0.175. The highest BCUT2D eigenvalue weighted by Crippen LogP contribution is 2.68. The molecule has 0 spiro atoms. The third-order valence-corrected chi connectivity index (χ3v) is 9.50. The maximum atomic E-state index is 12.9. The Morgan fingerprint density at radius 3 is 2.50 bits per heavy atom. The Balaban J connectivity index is 1.57. The number of Topliss-reactive ketones (excluding diaryl/α,β-unsaturated/α-hetero) is 2. The van der Waals surface area contributed by atoms with Gasteiger partial charge in [0.05, 0.1) is 0 Å². The summed E-state index contributed by atoms with van der Waals surface area (Å²) < 4.78 is 4.93. The molecule has 0 amide bonds. The molecule has 0 saturated heterocycles. The number of carbonyl (C=O) groups is 3. The third-order valence-electron chi connectivity index (χ3n) is 9.50. The van der Waals surface area contributed by atoms with Gasteiger partial charge in [0, 0.05) is 25.2 Å². The van der Waals surface area contributed by atoms with E-state index in [0.29, 0.717) is 42.3 Å². The summed E-state index contributed by atoms with van der Waals surface area (Å²) in [5.74, 6) is 1.53. The van der Waals surface area contributed by atoms with Crippen molar-refractivity contribution in [3.8, 4) is 0 Å². The zero-order valence-corrected chi connectivity index (χ0v) is 17.5. The fourth-order valence-electron chi connectivity index (χ4n) is 7.81. The minimum absolute atomic E-state index is 0.223. The van der Waals surface area contributed by atoms with E-state index in [1.807, 2.05) is 0 Å². The van der Waals surface area contributed by atoms with Crippen molar-refractivity contribution in [2.45, 2.75) is 84.2 Å². The maximum Gasteiger partial charge on any atom is 0.303 e. The van der Waals surface area contributed by atoms with Gasteiger partial charge in [0.1, 0.15) is 11.4 Å². The number of ketones is 2. The number of aliphatic hydroxyl groups is 1. The first-order chi connectivity index (χ1) is 13.1. The van der Waals surface area contributed by atoms with Crippen molar-refractivity contribution in [2.24, 2.45) is 34.5 Å². The van der Waals surface area contributed by atoms with Gasteiger partial charge in [0.2, 0.25) is 5.78 Å². The van der Waals surface area contributed by atoms with Crippen LogP contribution in [0.4, 0.5) is 0 Å². The van der Waals surface area contributed by atoms with Gasteiger partial charge in [-0.1, -0.05) is 13.8 Å². The predicted molar refractivity (Wildman–Crippen MR) is 103 cm³/mol. The van der Waals surface area contributed by atoms with Gasteiger partial charge in [-0.3, -0.25) is 14.4 Å².